The average Bonchev–Trinajstić information content (AvgIpc) is 2.01. The molecule has 0 radical (unpaired) electrons. The highest BCUT2D eigenvalue weighted by Crippen LogP contribution is 2.17. The molecule has 0 fully saturated rings. The zero-order chi connectivity index (χ0) is 10.8. The Labute approximate surface area is 89.1 Å². The molecule has 14 heavy (non-hydrogen) atoms. The number of hydrogen-bond donors (Lipinski definition) is 1. The number of halogens is 1. The van der Waals surface area contributed by atoms with Crippen molar-refractivity contribution in [3.8, 4) is 0 Å². The Balaban J connectivity index is 2.85. The van der Waals surface area contributed by atoms with Crippen molar-refractivity contribution < 1.29 is 8.42 Å². The van der Waals surface area contributed by atoms with Gasteiger partial charge in [0.05, 0.1) is 6.26 Å². The van der Waals surface area contributed by atoms with E-state index in [4.69, 9.17) is 11.6 Å². The van der Waals surface area contributed by atoms with Gasteiger partial charge in [0.15, 0.2) is 0 Å². The second-order valence-electron chi connectivity index (χ2n) is 3.17. The average molecular weight is 234 g/mol. The van der Waals surface area contributed by atoms with Crippen LogP contribution >= 0.6 is 11.6 Å². The molecule has 78 valence electrons. The molecule has 0 unspecified atom stereocenters. The summed E-state index contributed by atoms with van der Waals surface area (Å²) in [7, 11) is -3.18. The maximum Gasteiger partial charge on any atom is 0.209 e. The molecule has 0 spiro atoms. The third-order valence-corrected chi connectivity index (χ3v) is 2.76. The van der Waals surface area contributed by atoms with Gasteiger partial charge in [0.1, 0.15) is 0 Å². The quantitative estimate of drug-likeness (QED) is 0.868. The summed E-state index contributed by atoms with van der Waals surface area (Å²) in [4.78, 5) is 0. The molecule has 0 saturated carbocycles. The van der Waals surface area contributed by atoms with Gasteiger partial charge >= 0.3 is 0 Å². The van der Waals surface area contributed by atoms with Crippen LogP contribution in [0.4, 0.5) is 0 Å². The Kier molecular flexibility index (Phi) is 3.53. The first-order valence-corrected chi connectivity index (χ1v) is 6.38. The summed E-state index contributed by atoms with van der Waals surface area (Å²) in [6, 6.07) is 6.85. The van der Waals surface area contributed by atoms with Gasteiger partial charge in [0.2, 0.25) is 10.0 Å². The molecule has 5 heteroatoms. The lowest BCUT2D eigenvalue weighted by Gasteiger charge is -2.12. The van der Waals surface area contributed by atoms with Gasteiger partial charge in [-0.3, -0.25) is 0 Å². The number of sulfonamides is 1. The lowest BCUT2D eigenvalue weighted by Crippen LogP contribution is -2.25. The molecule has 0 heterocycles. The van der Waals surface area contributed by atoms with E-state index < -0.39 is 10.0 Å². The Morgan fingerprint density at radius 3 is 2.57 bits per heavy atom. The van der Waals surface area contributed by atoms with E-state index in [9.17, 15) is 8.42 Å². The molecule has 1 atom stereocenters. The van der Waals surface area contributed by atoms with Crippen LogP contribution in [0.1, 0.15) is 18.5 Å². The van der Waals surface area contributed by atoms with Crippen molar-refractivity contribution >= 4 is 21.6 Å². The SMILES string of the molecule is C[C@H](NS(C)(=O)=O)c1cccc(Cl)c1. The molecule has 0 saturated heterocycles. The molecule has 0 aliphatic rings. The molecule has 0 aliphatic carbocycles. The second kappa shape index (κ2) is 4.29. The smallest absolute Gasteiger partial charge is 0.209 e. The fraction of sp³-hybridized carbons (Fsp3) is 0.333. The molecule has 0 aromatic heterocycles. The van der Waals surface area contributed by atoms with Crippen LogP contribution in [-0.4, -0.2) is 14.7 Å². The van der Waals surface area contributed by atoms with E-state index in [1.807, 2.05) is 6.07 Å². The first-order valence-electron chi connectivity index (χ1n) is 4.11. The first-order chi connectivity index (χ1) is 6.38. The second-order valence-corrected chi connectivity index (χ2v) is 5.38. The Morgan fingerprint density at radius 2 is 2.07 bits per heavy atom. The number of rotatable bonds is 3. The van der Waals surface area contributed by atoms with Crippen LogP contribution in [0.2, 0.25) is 5.02 Å². The molecule has 3 nitrogen and oxygen atoms in total. The van der Waals surface area contributed by atoms with Gasteiger partial charge in [-0.25, -0.2) is 13.1 Å². The van der Waals surface area contributed by atoms with E-state index in [2.05, 4.69) is 4.72 Å². The van der Waals surface area contributed by atoms with E-state index >= 15 is 0 Å². The molecule has 0 bridgehead atoms. The summed E-state index contributed by atoms with van der Waals surface area (Å²) in [6.45, 7) is 1.77. The molecular formula is C9H12ClNO2S. The fourth-order valence-electron chi connectivity index (χ4n) is 1.17. The summed E-state index contributed by atoms with van der Waals surface area (Å²) in [5, 5.41) is 0.602. The number of nitrogens with one attached hydrogen (secondary N) is 1. The summed E-state index contributed by atoms with van der Waals surface area (Å²) in [5.41, 5.74) is 0.850. The van der Waals surface area contributed by atoms with Gasteiger partial charge in [0, 0.05) is 11.1 Å². The highest BCUT2D eigenvalue weighted by molar-refractivity contribution is 7.88. The Hall–Kier alpha value is -0.580. The molecule has 1 aromatic carbocycles. The van der Waals surface area contributed by atoms with Crippen LogP contribution in [0.25, 0.3) is 0 Å². The van der Waals surface area contributed by atoms with E-state index in [0.29, 0.717) is 5.02 Å². The normalized spacial score (nSPS) is 13.9. The highest BCUT2D eigenvalue weighted by atomic mass is 35.5. The third kappa shape index (κ3) is 3.65. The number of benzene rings is 1. The van der Waals surface area contributed by atoms with Crippen LogP contribution in [-0.2, 0) is 10.0 Å². The van der Waals surface area contributed by atoms with Crippen LogP contribution in [0.5, 0.6) is 0 Å². The fourth-order valence-corrected chi connectivity index (χ4v) is 2.14. The summed E-state index contributed by atoms with van der Waals surface area (Å²) < 4.78 is 24.4. The monoisotopic (exact) mass is 233 g/mol. The first kappa shape index (κ1) is 11.5. The predicted octanol–water partition coefficient (Wildman–Crippen LogP) is 1.95. The van der Waals surface area contributed by atoms with Crippen molar-refractivity contribution in [2.24, 2.45) is 0 Å². The topological polar surface area (TPSA) is 46.2 Å². The zero-order valence-corrected chi connectivity index (χ0v) is 9.56. The Morgan fingerprint density at radius 1 is 1.43 bits per heavy atom. The van der Waals surface area contributed by atoms with Crippen molar-refractivity contribution in [2.45, 2.75) is 13.0 Å². The highest BCUT2D eigenvalue weighted by Gasteiger charge is 2.10. The minimum absolute atomic E-state index is 0.260. The van der Waals surface area contributed by atoms with Gasteiger partial charge in [0.25, 0.3) is 0 Å². The van der Waals surface area contributed by atoms with E-state index in [-0.39, 0.29) is 6.04 Å². The largest absolute Gasteiger partial charge is 0.213 e. The summed E-state index contributed by atoms with van der Waals surface area (Å²) in [5.74, 6) is 0. The van der Waals surface area contributed by atoms with Crippen molar-refractivity contribution in [2.75, 3.05) is 6.26 Å². The van der Waals surface area contributed by atoms with Crippen LogP contribution in [0.3, 0.4) is 0 Å². The third-order valence-electron chi connectivity index (χ3n) is 1.74. The minimum Gasteiger partial charge on any atom is -0.213 e. The maximum absolute atomic E-state index is 11.0. The molecule has 1 aromatic rings. The van der Waals surface area contributed by atoms with Crippen molar-refractivity contribution in [3.05, 3.63) is 34.9 Å². The van der Waals surface area contributed by atoms with Crippen LogP contribution < -0.4 is 4.72 Å². The van der Waals surface area contributed by atoms with Gasteiger partial charge in [-0.05, 0) is 24.6 Å². The summed E-state index contributed by atoms with van der Waals surface area (Å²) in [6.07, 6.45) is 1.13. The van der Waals surface area contributed by atoms with Crippen molar-refractivity contribution in [1.82, 2.24) is 4.72 Å². The standard InChI is InChI=1S/C9H12ClNO2S/c1-7(11-14(2,12)13)8-4-3-5-9(10)6-8/h3-7,11H,1-2H3/t7-/m0/s1. The minimum atomic E-state index is -3.18. The Bertz CT molecular complexity index is 417. The predicted molar refractivity (Wildman–Crippen MR) is 57.8 cm³/mol. The van der Waals surface area contributed by atoms with Crippen molar-refractivity contribution in [1.29, 1.82) is 0 Å². The molecule has 0 amide bonds. The van der Waals surface area contributed by atoms with Crippen LogP contribution in [0, 0.1) is 0 Å². The maximum atomic E-state index is 11.0. The van der Waals surface area contributed by atoms with Gasteiger partial charge in [-0.1, -0.05) is 23.7 Å². The number of hydrogen-bond acceptors (Lipinski definition) is 2. The molecule has 1 rings (SSSR count). The van der Waals surface area contributed by atoms with Crippen LogP contribution in [0.15, 0.2) is 24.3 Å². The molecule has 0 aliphatic heterocycles. The van der Waals surface area contributed by atoms with E-state index in [0.717, 1.165) is 11.8 Å². The zero-order valence-electron chi connectivity index (χ0n) is 7.99. The lowest BCUT2D eigenvalue weighted by atomic mass is 10.1. The van der Waals surface area contributed by atoms with Gasteiger partial charge in [-0.15, -0.1) is 0 Å². The van der Waals surface area contributed by atoms with Gasteiger partial charge in [-0.2, -0.15) is 0 Å². The molecular weight excluding hydrogens is 222 g/mol. The van der Waals surface area contributed by atoms with Crippen molar-refractivity contribution in [3.63, 3.8) is 0 Å². The van der Waals surface area contributed by atoms with Gasteiger partial charge < -0.3 is 0 Å². The lowest BCUT2D eigenvalue weighted by molar-refractivity contribution is 0.573. The summed E-state index contributed by atoms with van der Waals surface area (Å²) >= 11 is 5.78. The molecule has 1 N–H and O–H groups in total. The van der Waals surface area contributed by atoms with E-state index in [1.165, 1.54) is 0 Å². The van der Waals surface area contributed by atoms with E-state index in [1.54, 1.807) is 25.1 Å².